The van der Waals surface area contributed by atoms with Crippen molar-refractivity contribution in [3.8, 4) is 0 Å². The molecule has 0 saturated heterocycles. The molecule has 0 aliphatic carbocycles. The quantitative estimate of drug-likeness (QED) is 0.130. The number of carbonyl (C=O) groups excluding carboxylic acids is 3. The number of anilines is 2. The highest BCUT2D eigenvalue weighted by molar-refractivity contribution is 8.00. The molecule has 3 aromatic carbocycles. The third-order valence-electron chi connectivity index (χ3n) is 7.35. The van der Waals surface area contributed by atoms with Gasteiger partial charge in [-0.3, -0.25) is 14.5 Å². The molecular weight excluding hydrogens is 614 g/mol. The Morgan fingerprint density at radius 1 is 1.00 bits per heavy atom. The number of nitrogens with one attached hydrogen (secondary N) is 2. The molecule has 1 aliphatic heterocycles. The lowest BCUT2D eigenvalue weighted by molar-refractivity contribution is -0.116. The smallest absolute Gasteiger partial charge is 0.341 e. The van der Waals surface area contributed by atoms with E-state index in [1.165, 1.54) is 35.8 Å². The molecule has 1 aromatic heterocycles. The van der Waals surface area contributed by atoms with Crippen LogP contribution in [0.1, 0.15) is 45.3 Å². The second-order valence-electron chi connectivity index (χ2n) is 10.5. The second kappa shape index (κ2) is 14.9. The van der Waals surface area contributed by atoms with Gasteiger partial charge in [0.15, 0.2) is 0 Å². The summed E-state index contributed by atoms with van der Waals surface area (Å²) in [5.41, 5.74) is 4.19. The summed E-state index contributed by atoms with van der Waals surface area (Å²) >= 11 is 8.82. The number of halogens is 1. The molecule has 10 heteroatoms. The summed E-state index contributed by atoms with van der Waals surface area (Å²) in [4.78, 5) is 43.3. The first-order valence-corrected chi connectivity index (χ1v) is 16.5. The maximum Gasteiger partial charge on any atom is 0.341 e. The highest BCUT2D eigenvalue weighted by atomic mass is 35.5. The van der Waals surface area contributed by atoms with E-state index >= 15 is 0 Å². The third-order valence-corrected chi connectivity index (χ3v) is 10.1. The van der Waals surface area contributed by atoms with Gasteiger partial charge in [-0.05, 0) is 59.9 Å². The van der Waals surface area contributed by atoms with Crippen molar-refractivity contribution in [1.29, 1.82) is 0 Å². The third kappa shape index (κ3) is 8.09. The number of hydrogen-bond donors (Lipinski definition) is 2. The Bertz CT molecular complexity index is 1630. The van der Waals surface area contributed by atoms with Crippen LogP contribution in [0.5, 0.6) is 0 Å². The number of ether oxygens (including phenoxy) is 1. The van der Waals surface area contributed by atoms with Gasteiger partial charge in [0.05, 0.1) is 24.3 Å². The SMILES string of the molecule is CCC(Sc1cccc(NC(=O)Cc2ccc(Cl)cc2)c1)C(=O)Nc1sc2c(c1C(=O)OC)CCN(Cc1ccccc1)C2. The van der Waals surface area contributed by atoms with E-state index in [-0.39, 0.29) is 18.2 Å². The van der Waals surface area contributed by atoms with Gasteiger partial charge in [0.2, 0.25) is 11.8 Å². The molecule has 1 unspecified atom stereocenters. The molecule has 1 aliphatic rings. The molecule has 5 rings (SSSR count). The lowest BCUT2D eigenvalue weighted by Gasteiger charge is -2.27. The van der Waals surface area contributed by atoms with Crippen molar-refractivity contribution in [1.82, 2.24) is 4.90 Å². The summed E-state index contributed by atoms with van der Waals surface area (Å²) in [7, 11) is 1.37. The van der Waals surface area contributed by atoms with E-state index in [1.807, 2.05) is 61.5 Å². The van der Waals surface area contributed by atoms with Crippen LogP contribution in [0.4, 0.5) is 10.7 Å². The van der Waals surface area contributed by atoms with Crippen LogP contribution in [0.2, 0.25) is 5.02 Å². The number of thioether (sulfide) groups is 1. The lowest BCUT2D eigenvalue weighted by Crippen LogP contribution is -2.30. The van der Waals surface area contributed by atoms with Gasteiger partial charge in [-0.2, -0.15) is 0 Å². The molecule has 0 bridgehead atoms. The molecule has 1 atom stereocenters. The number of amides is 2. The number of benzene rings is 3. The van der Waals surface area contributed by atoms with Crippen molar-refractivity contribution in [2.45, 2.75) is 49.4 Å². The zero-order valence-corrected chi connectivity index (χ0v) is 27.0. The van der Waals surface area contributed by atoms with Crippen LogP contribution in [0.25, 0.3) is 0 Å². The van der Waals surface area contributed by atoms with Crippen LogP contribution >= 0.6 is 34.7 Å². The van der Waals surface area contributed by atoms with Gasteiger partial charge >= 0.3 is 5.97 Å². The van der Waals surface area contributed by atoms with E-state index < -0.39 is 11.2 Å². The molecule has 228 valence electrons. The van der Waals surface area contributed by atoms with Crippen LogP contribution in [0.3, 0.4) is 0 Å². The molecule has 4 aromatic rings. The molecule has 0 radical (unpaired) electrons. The first kappa shape index (κ1) is 31.8. The molecule has 2 amide bonds. The van der Waals surface area contributed by atoms with Crippen LogP contribution in [-0.4, -0.2) is 41.6 Å². The van der Waals surface area contributed by atoms with E-state index in [0.717, 1.165) is 34.0 Å². The van der Waals surface area contributed by atoms with Crippen LogP contribution in [-0.2, 0) is 40.3 Å². The lowest BCUT2D eigenvalue weighted by atomic mass is 10.0. The average Bonchev–Trinajstić information content (AvgIpc) is 3.38. The first-order chi connectivity index (χ1) is 21.3. The van der Waals surface area contributed by atoms with Crippen molar-refractivity contribution in [3.05, 3.63) is 111 Å². The van der Waals surface area contributed by atoms with E-state index in [0.29, 0.717) is 40.7 Å². The van der Waals surface area contributed by atoms with E-state index in [2.05, 4.69) is 27.7 Å². The molecular formula is C34H34ClN3O4S2. The van der Waals surface area contributed by atoms with Gasteiger partial charge in [-0.15, -0.1) is 23.1 Å². The summed E-state index contributed by atoms with van der Waals surface area (Å²) in [6.07, 6.45) is 1.51. The van der Waals surface area contributed by atoms with Gasteiger partial charge in [0.25, 0.3) is 0 Å². The number of hydrogen-bond acceptors (Lipinski definition) is 7. The predicted molar refractivity (Wildman–Crippen MR) is 179 cm³/mol. The van der Waals surface area contributed by atoms with Crippen LogP contribution in [0.15, 0.2) is 83.8 Å². The molecule has 2 N–H and O–H groups in total. The minimum absolute atomic E-state index is 0.140. The van der Waals surface area contributed by atoms with Crippen molar-refractivity contribution in [3.63, 3.8) is 0 Å². The largest absolute Gasteiger partial charge is 0.465 e. The first-order valence-electron chi connectivity index (χ1n) is 14.4. The van der Waals surface area contributed by atoms with Crippen LogP contribution in [0, 0.1) is 0 Å². The van der Waals surface area contributed by atoms with Crippen molar-refractivity contribution in [2.75, 3.05) is 24.3 Å². The predicted octanol–water partition coefficient (Wildman–Crippen LogP) is 7.44. The Hall–Kier alpha value is -3.63. The minimum Gasteiger partial charge on any atom is -0.465 e. The molecule has 0 spiro atoms. The summed E-state index contributed by atoms with van der Waals surface area (Å²) in [6.45, 7) is 4.30. The number of thiophene rings is 1. The zero-order valence-electron chi connectivity index (χ0n) is 24.6. The maximum absolute atomic E-state index is 13.6. The fraction of sp³-hybridized carbons (Fsp3) is 0.265. The standard InChI is InChI=1S/C34H34ClN3O4S2/c1-3-28(43-26-11-7-10-25(19-26)36-30(39)18-22-12-14-24(35)15-13-22)32(40)37-33-31(34(41)42-2)27-16-17-38(21-29(27)44-33)20-23-8-5-4-6-9-23/h4-15,19,28H,3,16-18,20-21H2,1-2H3,(H,36,39)(H,37,40). The Balaban J connectivity index is 1.25. The highest BCUT2D eigenvalue weighted by Gasteiger charge is 2.30. The summed E-state index contributed by atoms with van der Waals surface area (Å²) in [6, 6.07) is 25.0. The highest BCUT2D eigenvalue weighted by Crippen LogP contribution is 2.39. The fourth-order valence-corrected chi connectivity index (χ4v) is 7.58. The topological polar surface area (TPSA) is 87.7 Å². The molecule has 7 nitrogen and oxygen atoms in total. The van der Waals surface area contributed by atoms with Crippen molar-refractivity contribution >= 4 is 63.2 Å². The normalized spacial score (nSPS) is 13.5. The van der Waals surface area contributed by atoms with Crippen molar-refractivity contribution < 1.29 is 19.1 Å². The molecule has 44 heavy (non-hydrogen) atoms. The van der Waals surface area contributed by atoms with Gasteiger partial charge < -0.3 is 15.4 Å². The summed E-state index contributed by atoms with van der Waals surface area (Å²) in [5, 5.41) is 6.75. The van der Waals surface area contributed by atoms with E-state index in [9.17, 15) is 14.4 Å². The fourth-order valence-electron chi connectivity index (χ4n) is 5.16. The van der Waals surface area contributed by atoms with Gasteiger partial charge in [-0.1, -0.05) is 67.1 Å². The van der Waals surface area contributed by atoms with E-state index in [4.69, 9.17) is 16.3 Å². The Kier molecular flexibility index (Phi) is 10.8. The molecule has 0 saturated carbocycles. The summed E-state index contributed by atoms with van der Waals surface area (Å²) in [5.74, 6) is -0.754. The van der Waals surface area contributed by atoms with E-state index in [1.54, 1.807) is 12.1 Å². The number of carbonyl (C=O) groups is 3. The molecule has 0 fully saturated rings. The minimum atomic E-state index is -0.433. The van der Waals surface area contributed by atoms with Crippen molar-refractivity contribution in [2.24, 2.45) is 0 Å². The van der Waals surface area contributed by atoms with Gasteiger partial charge in [0.1, 0.15) is 5.00 Å². The van der Waals surface area contributed by atoms with Crippen LogP contribution < -0.4 is 10.6 Å². The second-order valence-corrected chi connectivity index (χ2v) is 13.3. The Morgan fingerprint density at radius 3 is 2.50 bits per heavy atom. The Labute approximate surface area is 271 Å². The number of esters is 1. The zero-order chi connectivity index (χ0) is 31.1. The monoisotopic (exact) mass is 647 g/mol. The maximum atomic E-state index is 13.6. The Morgan fingerprint density at radius 2 is 1.77 bits per heavy atom. The average molecular weight is 648 g/mol. The number of fused-ring (bicyclic) bond motifs is 1. The summed E-state index contributed by atoms with van der Waals surface area (Å²) < 4.78 is 5.13. The number of rotatable bonds is 11. The number of methoxy groups -OCH3 is 1. The van der Waals surface area contributed by atoms with Gasteiger partial charge in [0, 0.05) is 40.1 Å². The molecule has 2 heterocycles. The van der Waals surface area contributed by atoms with Gasteiger partial charge in [-0.25, -0.2) is 4.79 Å². The number of nitrogens with zero attached hydrogens (tertiary/aromatic N) is 1.